The number of hydrogen-bond donors (Lipinski definition) is 1. The summed E-state index contributed by atoms with van der Waals surface area (Å²) in [5.74, 6) is 0. The second-order valence-electron chi connectivity index (χ2n) is 8.01. The summed E-state index contributed by atoms with van der Waals surface area (Å²) >= 11 is 0. The van der Waals surface area contributed by atoms with E-state index in [1.165, 1.54) is 0 Å². The van der Waals surface area contributed by atoms with Crippen LogP contribution >= 0.6 is 0 Å². The monoisotopic (exact) mass is 416 g/mol. The molecule has 1 fully saturated rings. The standard InChI is InChI=1S/C26H28N2O3/c1-3-23(20-12-10-19(11-13-20)21-14-16-27-24(29)18-21)28-17-15-26(4-2,31-25(28)30)22-8-6-5-7-9-22/h5-14,16,18,23H,3-4,15,17H2,1-2H3,(H,27,29)/t23-,26+/m0/s1. The van der Waals surface area contributed by atoms with E-state index in [9.17, 15) is 9.59 Å². The molecular formula is C26H28N2O3. The Kier molecular flexibility index (Phi) is 5.94. The maximum atomic E-state index is 13.1. The molecule has 0 bridgehead atoms. The molecule has 1 N–H and O–H groups in total. The molecule has 4 rings (SSSR count). The first kappa shape index (κ1) is 20.9. The molecule has 2 heterocycles. The van der Waals surface area contributed by atoms with Crippen molar-refractivity contribution in [1.82, 2.24) is 9.88 Å². The van der Waals surface area contributed by atoms with Gasteiger partial charge in [-0.2, -0.15) is 0 Å². The number of rotatable bonds is 6. The highest BCUT2D eigenvalue weighted by molar-refractivity contribution is 5.70. The van der Waals surface area contributed by atoms with Gasteiger partial charge in [-0.15, -0.1) is 0 Å². The van der Waals surface area contributed by atoms with Crippen LogP contribution in [0.5, 0.6) is 0 Å². The van der Waals surface area contributed by atoms with Gasteiger partial charge >= 0.3 is 6.09 Å². The number of amides is 1. The van der Waals surface area contributed by atoms with Crippen molar-refractivity contribution in [3.63, 3.8) is 0 Å². The smallest absolute Gasteiger partial charge is 0.411 e. The van der Waals surface area contributed by atoms with E-state index in [2.05, 4.69) is 18.8 Å². The number of nitrogens with one attached hydrogen (secondary N) is 1. The third kappa shape index (κ3) is 4.13. The van der Waals surface area contributed by atoms with Crippen LogP contribution in [0.25, 0.3) is 11.1 Å². The maximum absolute atomic E-state index is 13.1. The minimum Gasteiger partial charge on any atom is -0.438 e. The molecule has 0 radical (unpaired) electrons. The normalized spacial score (nSPS) is 19.7. The maximum Gasteiger partial charge on any atom is 0.411 e. The van der Waals surface area contributed by atoms with Gasteiger partial charge in [-0.3, -0.25) is 4.79 Å². The number of carbonyl (C=O) groups is 1. The predicted octanol–water partition coefficient (Wildman–Crippen LogP) is 5.64. The van der Waals surface area contributed by atoms with Gasteiger partial charge in [-0.25, -0.2) is 4.79 Å². The van der Waals surface area contributed by atoms with E-state index in [-0.39, 0.29) is 17.7 Å². The molecule has 0 saturated carbocycles. The van der Waals surface area contributed by atoms with Crippen molar-refractivity contribution in [3.8, 4) is 11.1 Å². The van der Waals surface area contributed by atoms with E-state index in [0.29, 0.717) is 6.54 Å². The zero-order valence-corrected chi connectivity index (χ0v) is 18.0. The molecule has 160 valence electrons. The van der Waals surface area contributed by atoms with Gasteiger partial charge in [0, 0.05) is 25.2 Å². The molecule has 0 aliphatic carbocycles. The largest absolute Gasteiger partial charge is 0.438 e. The second-order valence-corrected chi connectivity index (χ2v) is 8.01. The fourth-order valence-electron chi connectivity index (χ4n) is 4.51. The number of pyridine rings is 1. The van der Waals surface area contributed by atoms with Gasteiger partial charge < -0.3 is 14.6 Å². The van der Waals surface area contributed by atoms with Crippen LogP contribution < -0.4 is 5.56 Å². The lowest BCUT2D eigenvalue weighted by Crippen LogP contribution is -2.48. The molecule has 31 heavy (non-hydrogen) atoms. The Hall–Kier alpha value is -3.34. The minimum absolute atomic E-state index is 0.0497. The number of cyclic esters (lactones) is 1. The molecule has 2 atom stereocenters. The molecule has 5 heteroatoms. The Bertz CT molecular complexity index is 1090. The summed E-state index contributed by atoms with van der Waals surface area (Å²) in [5, 5.41) is 0. The summed E-state index contributed by atoms with van der Waals surface area (Å²) in [6.07, 6.45) is 3.70. The Morgan fingerprint density at radius 3 is 2.35 bits per heavy atom. The molecule has 3 aromatic rings. The molecule has 0 spiro atoms. The fraction of sp³-hybridized carbons (Fsp3) is 0.308. The molecule has 1 saturated heterocycles. The van der Waals surface area contributed by atoms with E-state index in [4.69, 9.17) is 4.74 Å². The van der Waals surface area contributed by atoms with Crippen LogP contribution in [0.4, 0.5) is 4.79 Å². The first-order valence-corrected chi connectivity index (χ1v) is 10.9. The van der Waals surface area contributed by atoms with Crippen molar-refractivity contribution in [2.45, 2.75) is 44.8 Å². The van der Waals surface area contributed by atoms with E-state index in [1.807, 2.05) is 65.6 Å². The van der Waals surface area contributed by atoms with Gasteiger partial charge in [-0.1, -0.05) is 68.4 Å². The lowest BCUT2D eigenvalue weighted by atomic mass is 9.86. The summed E-state index contributed by atoms with van der Waals surface area (Å²) in [6, 6.07) is 21.5. The van der Waals surface area contributed by atoms with Gasteiger partial charge in [0.1, 0.15) is 5.60 Å². The number of benzene rings is 2. The molecule has 1 aliphatic heterocycles. The van der Waals surface area contributed by atoms with Crippen LogP contribution in [-0.4, -0.2) is 22.5 Å². The first-order valence-electron chi connectivity index (χ1n) is 10.9. The van der Waals surface area contributed by atoms with Crippen LogP contribution in [0.15, 0.2) is 77.7 Å². The SMILES string of the molecule is CC[C@@H](c1ccc(-c2cc[nH]c(=O)c2)cc1)N1CC[C@](CC)(c2ccccc2)OC1=O. The molecular weight excluding hydrogens is 388 g/mol. The predicted molar refractivity (Wildman–Crippen MR) is 122 cm³/mol. The topological polar surface area (TPSA) is 62.4 Å². The van der Waals surface area contributed by atoms with Crippen molar-refractivity contribution < 1.29 is 9.53 Å². The Labute approximate surface area is 182 Å². The summed E-state index contributed by atoms with van der Waals surface area (Å²) in [7, 11) is 0. The first-order chi connectivity index (χ1) is 15.1. The Balaban J connectivity index is 1.55. The number of aromatic amines is 1. The lowest BCUT2D eigenvalue weighted by molar-refractivity contribution is -0.0646. The van der Waals surface area contributed by atoms with Crippen molar-refractivity contribution in [2.75, 3.05) is 6.54 Å². The van der Waals surface area contributed by atoms with Crippen LogP contribution in [0.2, 0.25) is 0 Å². The van der Waals surface area contributed by atoms with E-state index < -0.39 is 5.60 Å². The van der Waals surface area contributed by atoms with E-state index in [0.717, 1.165) is 41.5 Å². The van der Waals surface area contributed by atoms with E-state index in [1.54, 1.807) is 12.3 Å². The van der Waals surface area contributed by atoms with Gasteiger partial charge in [0.2, 0.25) is 5.56 Å². The molecule has 1 aliphatic rings. The van der Waals surface area contributed by atoms with Crippen molar-refractivity contribution >= 4 is 6.09 Å². The zero-order valence-electron chi connectivity index (χ0n) is 18.0. The molecule has 1 aromatic heterocycles. The number of ether oxygens (including phenoxy) is 1. The number of nitrogens with zero attached hydrogens (tertiary/aromatic N) is 1. The number of H-pyrrole nitrogens is 1. The zero-order chi connectivity index (χ0) is 21.8. The summed E-state index contributed by atoms with van der Waals surface area (Å²) in [4.78, 5) is 29.2. The highest BCUT2D eigenvalue weighted by Crippen LogP contribution is 2.40. The third-order valence-corrected chi connectivity index (χ3v) is 6.31. The Morgan fingerprint density at radius 1 is 1.00 bits per heavy atom. The molecule has 1 amide bonds. The Morgan fingerprint density at radius 2 is 1.74 bits per heavy atom. The van der Waals surface area contributed by atoms with Crippen LogP contribution in [-0.2, 0) is 10.3 Å². The summed E-state index contributed by atoms with van der Waals surface area (Å²) in [6.45, 7) is 4.80. The molecule has 0 unspecified atom stereocenters. The van der Waals surface area contributed by atoms with Crippen LogP contribution in [0.3, 0.4) is 0 Å². The van der Waals surface area contributed by atoms with Gasteiger partial charge in [0.15, 0.2) is 0 Å². The summed E-state index contributed by atoms with van der Waals surface area (Å²) < 4.78 is 6.08. The number of carbonyl (C=O) groups excluding carboxylic acids is 1. The van der Waals surface area contributed by atoms with Gasteiger partial charge in [0.05, 0.1) is 6.04 Å². The van der Waals surface area contributed by atoms with Gasteiger partial charge in [-0.05, 0) is 41.2 Å². The average Bonchev–Trinajstić information content (AvgIpc) is 2.81. The fourth-order valence-corrected chi connectivity index (χ4v) is 4.51. The van der Waals surface area contributed by atoms with Crippen molar-refractivity contribution in [2.24, 2.45) is 0 Å². The quantitative estimate of drug-likeness (QED) is 0.565. The average molecular weight is 417 g/mol. The van der Waals surface area contributed by atoms with Crippen LogP contribution in [0.1, 0.15) is 50.3 Å². The summed E-state index contributed by atoms with van der Waals surface area (Å²) in [5.41, 5.74) is 3.29. The highest BCUT2D eigenvalue weighted by Gasteiger charge is 2.42. The second kappa shape index (κ2) is 8.80. The van der Waals surface area contributed by atoms with E-state index >= 15 is 0 Å². The van der Waals surface area contributed by atoms with Crippen LogP contribution in [0, 0.1) is 0 Å². The van der Waals surface area contributed by atoms with Crippen molar-refractivity contribution in [1.29, 1.82) is 0 Å². The number of aromatic nitrogens is 1. The number of hydrogen-bond acceptors (Lipinski definition) is 3. The lowest BCUT2D eigenvalue weighted by Gasteiger charge is -2.43. The third-order valence-electron chi connectivity index (χ3n) is 6.31. The van der Waals surface area contributed by atoms with Crippen molar-refractivity contribution in [3.05, 3.63) is 94.4 Å². The van der Waals surface area contributed by atoms with Gasteiger partial charge in [0.25, 0.3) is 0 Å². The minimum atomic E-state index is -0.558. The molecule has 2 aromatic carbocycles. The molecule has 5 nitrogen and oxygen atoms in total. The highest BCUT2D eigenvalue weighted by atomic mass is 16.6.